The van der Waals surface area contributed by atoms with Crippen LogP contribution >= 0.6 is 0 Å². The van der Waals surface area contributed by atoms with Crippen molar-refractivity contribution in [3.8, 4) is 16.9 Å². The molecule has 0 N–H and O–H groups in total. The van der Waals surface area contributed by atoms with Crippen molar-refractivity contribution < 1.29 is 18.7 Å². The summed E-state index contributed by atoms with van der Waals surface area (Å²) in [5.74, 6) is -0.0335. The molecule has 0 aliphatic carbocycles. The van der Waals surface area contributed by atoms with Crippen LogP contribution in [0.4, 0.5) is 0 Å². The second kappa shape index (κ2) is 7.04. The molecular weight excluding hydrogens is 332 g/mol. The molecule has 0 saturated heterocycles. The molecule has 134 valence electrons. The smallest absolute Gasteiger partial charge is 0.344 e. The molecule has 0 fully saturated rings. The van der Waals surface area contributed by atoms with Crippen molar-refractivity contribution in [3.05, 3.63) is 65.0 Å². The van der Waals surface area contributed by atoms with Crippen molar-refractivity contribution >= 4 is 16.9 Å². The summed E-state index contributed by atoms with van der Waals surface area (Å²) in [5, 5.41) is 0.792. The third-order valence-electron chi connectivity index (χ3n) is 3.58. The van der Waals surface area contributed by atoms with Crippen molar-refractivity contribution in [2.24, 2.45) is 0 Å². The number of hydrogen-bond acceptors (Lipinski definition) is 5. The van der Waals surface area contributed by atoms with Crippen molar-refractivity contribution in [2.45, 2.75) is 26.4 Å². The first-order valence-corrected chi connectivity index (χ1v) is 8.30. The second-order valence-corrected chi connectivity index (χ2v) is 6.88. The zero-order valence-corrected chi connectivity index (χ0v) is 14.9. The maximum atomic E-state index is 11.9. The Morgan fingerprint density at radius 2 is 1.77 bits per heavy atom. The predicted molar refractivity (Wildman–Crippen MR) is 99.3 cm³/mol. The van der Waals surface area contributed by atoms with Crippen LogP contribution in [0.25, 0.3) is 22.1 Å². The molecule has 5 heteroatoms. The first kappa shape index (κ1) is 17.7. The SMILES string of the molecule is CC(C)(C)OC(=O)COc1ccc2c(-c3ccccc3)cc(=O)oc2c1. The van der Waals surface area contributed by atoms with Gasteiger partial charge in [-0.05, 0) is 44.0 Å². The van der Waals surface area contributed by atoms with E-state index in [1.54, 1.807) is 32.9 Å². The summed E-state index contributed by atoms with van der Waals surface area (Å²) in [4.78, 5) is 23.7. The van der Waals surface area contributed by atoms with Gasteiger partial charge in [0.05, 0.1) is 0 Å². The molecule has 0 atom stereocenters. The van der Waals surface area contributed by atoms with Crippen molar-refractivity contribution in [1.82, 2.24) is 0 Å². The van der Waals surface area contributed by atoms with Crippen LogP contribution in [0.1, 0.15) is 20.8 Å². The van der Waals surface area contributed by atoms with Gasteiger partial charge in [0.2, 0.25) is 0 Å². The summed E-state index contributed by atoms with van der Waals surface area (Å²) in [7, 11) is 0. The molecule has 5 nitrogen and oxygen atoms in total. The van der Waals surface area contributed by atoms with Gasteiger partial charge in [0.1, 0.15) is 16.9 Å². The fraction of sp³-hybridized carbons (Fsp3) is 0.238. The van der Waals surface area contributed by atoms with Gasteiger partial charge in [-0.2, -0.15) is 0 Å². The minimum atomic E-state index is -0.568. The molecule has 0 radical (unpaired) electrons. The molecule has 0 unspecified atom stereocenters. The Labute approximate surface area is 151 Å². The maximum Gasteiger partial charge on any atom is 0.344 e. The largest absolute Gasteiger partial charge is 0.482 e. The van der Waals surface area contributed by atoms with Gasteiger partial charge in [-0.3, -0.25) is 0 Å². The van der Waals surface area contributed by atoms with E-state index in [0.29, 0.717) is 11.3 Å². The number of ether oxygens (including phenoxy) is 2. The maximum absolute atomic E-state index is 11.9. The molecule has 0 amide bonds. The lowest BCUT2D eigenvalue weighted by Crippen LogP contribution is -2.27. The zero-order valence-electron chi connectivity index (χ0n) is 14.9. The number of benzene rings is 2. The van der Waals surface area contributed by atoms with E-state index in [2.05, 4.69) is 0 Å². The van der Waals surface area contributed by atoms with Crippen LogP contribution in [0.15, 0.2) is 63.8 Å². The Bertz CT molecular complexity index is 981. The zero-order chi connectivity index (χ0) is 18.7. The molecule has 2 aromatic carbocycles. The lowest BCUT2D eigenvalue weighted by atomic mass is 10.0. The molecule has 0 aliphatic heterocycles. The van der Waals surface area contributed by atoms with Crippen LogP contribution in [-0.2, 0) is 9.53 Å². The summed E-state index contributed by atoms with van der Waals surface area (Å²) in [5.41, 5.74) is 1.10. The Hall–Kier alpha value is -3.08. The highest BCUT2D eigenvalue weighted by atomic mass is 16.6. The molecular formula is C21H20O5. The van der Waals surface area contributed by atoms with E-state index in [-0.39, 0.29) is 6.61 Å². The molecule has 0 aliphatic rings. The minimum absolute atomic E-state index is 0.217. The van der Waals surface area contributed by atoms with Crippen LogP contribution in [0, 0.1) is 0 Å². The molecule has 1 heterocycles. The second-order valence-electron chi connectivity index (χ2n) is 6.88. The van der Waals surface area contributed by atoms with Gasteiger partial charge in [-0.25, -0.2) is 9.59 Å². The third-order valence-corrected chi connectivity index (χ3v) is 3.58. The Morgan fingerprint density at radius 3 is 2.46 bits per heavy atom. The van der Waals surface area contributed by atoms with Crippen LogP contribution in [0.2, 0.25) is 0 Å². The van der Waals surface area contributed by atoms with E-state index >= 15 is 0 Å². The fourth-order valence-corrected chi connectivity index (χ4v) is 2.60. The van der Waals surface area contributed by atoms with Gasteiger partial charge < -0.3 is 13.9 Å². The van der Waals surface area contributed by atoms with Gasteiger partial charge in [0.25, 0.3) is 0 Å². The standard InChI is InChI=1S/C21H20O5/c1-21(2,3)26-20(23)13-24-15-9-10-16-17(14-7-5-4-6-8-14)12-19(22)25-18(16)11-15/h4-12H,13H2,1-3H3. The molecule has 26 heavy (non-hydrogen) atoms. The quantitative estimate of drug-likeness (QED) is 0.520. The van der Waals surface area contributed by atoms with Crippen molar-refractivity contribution in [2.75, 3.05) is 6.61 Å². The Balaban J connectivity index is 1.88. The van der Waals surface area contributed by atoms with Gasteiger partial charge in [0, 0.05) is 17.5 Å². The third kappa shape index (κ3) is 4.30. The molecule has 3 rings (SSSR count). The van der Waals surface area contributed by atoms with Crippen LogP contribution in [-0.4, -0.2) is 18.2 Å². The number of carbonyl (C=O) groups is 1. The highest BCUT2D eigenvalue weighted by Gasteiger charge is 2.17. The summed E-state index contributed by atoms with van der Waals surface area (Å²) in [6.07, 6.45) is 0. The monoisotopic (exact) mass is 352 g/mol. The molecule has 0 spiro atoms. The van der Waals surface area contributed by atoms with E-state index in [0.717, 1.165) is 16.5 Å². The van der Waals surface area contributed by atoms with E-state index in [9.17, 15) is 9.59 Å². The van der Waals surface area contributed by atoms with Crippen molar-refractivity contribution in [3.63, 3.8) is 0 Å². The lowest BCUT2D eigenvalue weighted by Gasteiger charge is -2.19. The van der Waals surface area contributed by atoms with Crippen LogP contribution in [0.5, 0.6) is 5.75 Å². The number of carbonyl (C=O) groups excluding carboxylic acids is 1. The summed E-state index contributed by atoms with van der Waals surface area (Å²) in [6.45, 7) is 5.16. The number of esters is 1. The van der Waals surface area contributed by atoms with E-state index in [1.807, 2.05) is 36.4 Å². The summed E-state index contributed by atoms with van der Waals surface area (Å²) < 4.78 is 16.0. The average Bonchev–Trinajstić information content (AvgIpc) is 2.58. The van der Waals surface area contributed by atoms with Gasteiger partial charge in [-0.15, -0.1) is 0 Å². The highest BCUT2D eigenvalue weighted by Crippen LogP contribution is 2.29. The fourth-order valence-electron chi connectivity index (χ4n) is 2.60. The van der Waals surface area contributed by atoms with Gasteiger partial charge in [-0.1, -0.05) is 30.3 Å². The van der Waals surface area contributed by atoms with Gasteiger partial charge >= 0.3 is 11.6 Å². The summed E-state index contributed by atoms with van der Waals surface area (Å²) >= 11 is 0. The minimum Gasteiger partial charge on any atom is -0.482 e. The number of fused-ring (bicyclic) bond motifs is 1. The normalized spacial score (nSPS) is 11.3. The Morgan fingerprint density at radius 1 is 1.04 bits per heavy atom. The van der Waals surface area contributed by atoms with Crippen LogP contribution in [0.3, 0.4) is 0 Å². The Kier molecular flexibility index (Phi) is 4.80. The first-order valence-electron chi connectivity index (χ1n) is 8.30. The lowest BCUT2D eigenvalue weighted by molar-refractivity contribution is -0.157. The number of hydrogen-bond donors (Lipinski definition) is 0. The predicted octanol–water partition coefficient (Wildman–Crippen LogP) is 4.18. The highest BCUT2D eigenvalue weighted by molar-refractivity contribution is 5.93. The topological polar surface area (TPSA) is 65.7 Å². The van der Waals surface area contributed by atoms with Crippen molar-refractivity contribution in [1.29, 1.82) is 0 Å². The average molecular weight is 352 g/mol. The first-order chi connectivity index (χ1) is 12.3. The molecule has 0 saturated carbocycles. The molecule has 1 aromatic heterocycles. The van der Waals surface area contributed by atoms with E-state index in [4.69, 9.17) is 13.9 Å². The summed E-state index contributed by atoms with van der Waals surface area (Å²) in [6, 6.07) is 16.2. The van der Waals surface area contributed by atoms with E-state index in [1.165, 1.54) is 6.07 Å². The molecule has 0 bridgehead atoms. The van der Waals surface area contributed by atoms with Crippen LogP contribution < -0.4 is 10.4 Å². The van der Waals surface area contributed by atoms with E-state index < -0.39 is 17.2 Å². The molecule has 3 aromatic rings. The number of rotatable bonds is 4. The van der Waals surface area contributed by atoms with Gasteiger partial charge in [0.15, 0.2) is 6.61 Å².